The van der Waals surface area contributed by atoms with Gasteiger partial charge in [-0.05, 0) is 45.0 Å². The van der Waals surface area contributed by atoms with E-state index >= 15 is 0 Å². The molecule has 1 aliphatic heterocycles. The van der Waals surface area contributed by atoms with Gasteiger partial charge in [0.15, 0.2) is 0 Å². The van der Waals surface area contributed by atoms with Gasteiger partial charge in [-0.3, -0.25) is 9.59 Å². The number of hydrogen-bond donors (Lipinski definition) is 1. The summed E-state index contributed by atoms with van der Waals surface area (Å²) in [5.41, 5.74) is 1.51. The Labute approximate surface area is 150 Å². The van der Waals surface area contributed by atoms with Crippen LogP contribution < -0.4 is 5.56 Å². The van der Waals surface area contributed by atoms with Gasteiger partial charge in [-0.2, -0.15) is 5.10 Å². The lowest BCUT2D eigenvalue weighted by Crippen LogP contribution is -2.32. The van der Waals surface area contributed by atoms with Gasteiger partial charge in [0.25, 0.3) is 11.5 Å². The van der Waals surface area contributed by atoms with Crippen molar-refractivity contribution in [2.45, 2.75) is 39.4 Å². The van der Waals surface area contributed by atoms with Crippen molar-refractivity contribution in [3.05, 3.63) is 70.0 Å². The Hall–Kier alpha value is -3.09. The summed E-state index contributed by atoms with van der Waals surface area (Å²) < 4.78 is 4.04. The number of fused-ring (bicyclic) bond motifs is 1. The predicted molar refractivity (Wildman–Crippen MR) is 97.2 cm³/mol. The summed E-state index contributed by atoms with van der Waals surface area (Å²) in [5, 5.41) is 4.78. The molecule has 0 aromatic carbocycles. The number of amides is 1. The van der Waals surface area contributed by atoms with Crippen LogP contribution in [0, 0.1) is 0 Å². The first-order valence-corrected chi connectivity index (χ1v) is 8.58. The van der Waals surface area contributed by atoms with E-state index in [0.29, 0.717) is 13.1 Å². The molecule has 4 heterocycles. The Morgan fingerprint density at radius 1 is 1.15 bits per heavy atom. The number of carbonyl (C=O) groups excluding carboxylic acids is 1. The maximum Gasteiger partial charge on any atom is 0.260 e. The fourth-order valence-electron chi connectivity index (χ4n) is 3.31. The number of nitrogens with one attached hydrogen (secondary N) is 1. The average molecular weight is 351 g/mol. The Balaban J connectivity index is 1.74. The Kier molecular flexibility index (Phi) is 3.61. The molecule has 4 rings (SSSR count). The summed E-state index contributed by atoms with van der Waals surface area (Å²) in [4.78, 5) is 28.9. The molecule has 1 N–H and O–H groups in total. The quantitative estimate of drug-likeness (QED) is 0.769. The van der Waals surface area contributed by atoms with Crippen molar-refractivity contribution >= 4 is 5.91 Å². The monoisotopic (exact) mass is 351 g/mol. The summed E-state index contributed by atoms with van der Waals surface area (Å²) in [7, 11) is 0. The molecular weight excluding hydrogens is 330 g/mol. The molecule has 7 heteroatoms. The van der Waals surface area contributed by atoms with Crippen LogP contribution in [0.1, 0.15) is 42.4 Å². The zero-order valence-corrected chi connectivity index (χ0v) is 15.1. The SMILES string of the molecule is CC(C)(C)n1nc2c(c1-n1cccc1)CN(C(=O)c1ccc[nH]c1=O)C2. The van der Waals surface area contributed by atoms with E-state index in [-0.39, 0.29) is 22.6 Å². The van der Waals surface area contributed by atoms with Crippen molar-refractivity contribution < 1.29 is 4.79 Å². The van der Waals surface area contributed by atoms with Gasteiger partial charge >= 0.3 is 0 Å². The summed E-state index contributed by atoms with van der Waals surface area (Å²) in [6.07, 6.45) is 5.48. The van der Waals surface area contributed by atoms with E-state index in [4.69, 9.17) is 5.10 Å². The second-order valence-electron chi connectivity index (χ2n) is 7.50. The van der Waals surface area contributed by atoms with E-state index in [1.807, 2.05) is 33.8 Å². The highest BCUT2D eigenvalue weighted by atomic mass is 16.2. The van der Waals surface area contributed by atoms with Gasteiger partial charge < -0.3 is 14.5 Å². The van der Waals surface area contributed by atoms with E-state index in [0.717, 1.165) is 17.1 Å². The Morgan fingerprint density at radius 2 is 1.88 bits per heavy atom. The van der Waals surface area contributed by atoms with E-state index in [9.17, 15) is 9.59 Å². The minimum atomic E-state index is -0.368. The Bertz CT molecular complexity index is 1020. The normalized spacial score (nSPS) is 13.9. The fraction of sp³-hybridized carbons (Fsp3) is 0.316. The first-order chi connectivity index (χ1) is 12.4. The van der Waals surface area contributed by atoms with Crippen molar-refractivity contribution in [2.24, 2.45) is 0 Å². The number of pyridine rings is 1. The molecule has 0 saturated heterocycles. The standard InChI is InChI=1S/C19H21N5O2/c1-19(2,3)24-17(22-9-4-5-10-22)14-11-23(12-15(14)21-24)18(26)13-7-6-8-20-16(13)25/h4-10H,11-12H2,1-3H3,(H,20,25). The van der Waals surface area contributed by atoms with Crippen molar-refractivity contribution in [1.29, 1.82) is 0 Å². The van der Waals surface area contributed by atoms with E-state index in [1.165, 1.54) is 6.20 Å². The minimum absolute atomic E-state index is 0.156. The molecule has 0 spiro atoms. The smallest absolute Gasteiger partial charge is 0.260 e. The third-order valence-corrected chi connectivity index (χ3v) is 4.55. The first-order valence-electron chi connectivity index (χ1n) is 8.58. The van der Waals surface area contributed by atoms with Crippen LogP contribution in [0.5, 0.6) is 0 Å². The van der Waals surface area contributed by atoms with Gasteiger partial charge in [-0.15, -0.1) is 0 Å². The van der Waals surface area contributed by atoms with Crippen LogP contribution in [0.4, 0.5) is 0 Å². The number of aromatic nitrogens is 4. The van der Waals surface area contributed by atoms with Crippen molar-refractivity contribution in [2.75, 3.05) is 0 Å². The molecule has 0 unspecified atom stereocenters. The second-order valence-corrected chi connectivity index (χ2v) is 7.50. The highest BCUT2D eigenvalue weighted by Crippen LogP contribution is 2.32. The molecule has 0 atom stereocenters. The van der Waals surface area contributed by atoms with Crippen molar-refractivity contribution in [1.82, 2.24) is 24.2 Å². The lowest BCUT2D eigenvalue weighted by Gasteiger charge is -2.24. The van der Waals surface area contributed by atoms with Crippen LogP contribution in [0.3, 0.4) is 0 Å². The molecule has 0 bridgehead atoms. The zero-order chi connectivity index (χ0) is 18.5. The molecule has 0 saturated carbocycles. The Morgan fingerprint density at radius 3 is 2.54 bits per heavy atom. The molecular formula is C19H21N5O2. The van der Waals surface area contributed by atoms with Gasteiger partial charge in [0.2, 0.25) is 0 Å². The van der Waals surface area contributed by atoms with E-state index < -0.39 is 0 Å². The first kappa shape index (κ1) is 16.4. The predicted octanol–water partition coefficient (Wildman–Crippen LogP) is 2.27. The molecule has 1 amide bonds. The molecule has 7 nitrogen and oxygen atoms in total. The summed E-state index contributed by atoms with van der Waals surface area (Å²) in [6.45, 7) is 7.16. The third kappa shape index (κ3) is 2.56. The highest BCUT2D eigenvalue weighted by molar-refractivity contribution is 5.94. The van der Waals surface area contributed by atoms with Gasteiger partial charge in [0, 0.05) is 24.2 Å². The van der Waals surface area contributed by atoms with E-state index in [1.54, 1.807) is 17.0 Å². The van der Waals surface area contributed by atoms with Gasteiger partial charge in [-0.25, -0.2) is 4.68 Å². The molecule has 0 fully saturated rings. The molecule has 3 aromatic heterocycles. The molecule has 3 aromatic rings. The number of carbonyl (C=O) groups is 1. The topological polar surface area (TPSA) is 75.9 Å². The zero-order valence-electron chi connectivity index (χ0n) is 15.1. The summed E-state index contributed by atoms with van der Waals surface area (Å²) in [6, 6.07) is 7.15. The van der Waals surface area contributed by atoms with Crippen LogP contribution in [0.25, 0.3) is 5.82 Å². The maximum absolute atomic E-state index is 12.8. The molecule has 0 aliphatic carbocycles. The van der Waals surface area contributed by atoms with Gasteiger partial charge in [-0.1, -0.05) is 0 Å². The van der Waals surface area contributed by atoms with Crippen LogP contribution >= 0.6 is 0 Å². The second kappa shape index (κ2) is 5.72. The average Bonchev–Trinajstić information content (AvgIpc) is 3.29. The molecule has 134 valence electrons. The van der Waals surface area contributed by atoms with Crippen LogP contribution in [-0.2, 0) is 18.6 Å². The van der Waals surface area contributed by atoms with Crippen LogP contribution in [0.2, 0.25) is 0 Å². The summed E-state index contributed by atoms with van der Waals surface area (Å²) >= 11 is 0. The minimum Gasteiger partial charge on any atom is -0.328 e. The lowest BCUT2D eigenvalue weighted by atomic mass is 10.1. The highest BCUT2D eigenvalue weighted by Gasteiger charge is 2.34. The number of hydrogen-bond acceptors (Lipinski definition) is 3. The number of H-pyrrole nitrogens is 1. The van der Waals surface area contributed by atoms with Crippen molar-refractivity contribution in [3.8, 4) is 5.82 Å². The van der Waals surface area contributed by atoms with Gasteiger partial charge in [0.1, 0.15) is 11.4 Å². The van der Waals surface area contributed by atoms with Crippen molar-refractivity contribution in [3.63, 3.8) is 0 Å². The third-order valence-electron chi connectivity index (χ3n) is 4.55. The number of aromatic amines is 1. The lowest BCUT2D eigenvalue weighted by molar-refractivity contribution is 0.0746. The molecule has 26 heavy (non-hydrogen) atoms. The number of nitrogens with zero attached hydrogens (tertiary/aromatic N) is 4. The molecule has 0 radical (unpaired) electrons. The summed E-state index contributed by atoms with van der Waals surface area (Å²) in [5.74, 6) is 0.695. The molecule has 1 aliphatic rings. The van der Waals surface area contributed by atoms with Gasteiger partial charge in [0.05, 0.1) is 24.3 Å². The van der Waals surface area contributed by atoms with Crippen LogP contribution in [0.15, 0.2) is 47.7 Å². The fourth-order valence-corrected chi connectivity index (χ4v) is 3.31. The van der Waals surface area contributed by atoms with E-state index in [2.05, 4.69) is 25.8 Å². The maximum atomic E-state index is 12.8. The van der Waals surface area contributed by atoms with Crippen LogP contribution in [-0.4, -0.2) is 30.1 Å². The largest absolute Gasteiger partial charge is 0.328 e. The number of rotatable bonds is 2.